The molecule has 1 aromatic carbocycles. The van der Waals surface area contributed by atoms with E-state index < -0.39 is 11.6 Å². The Morgan fingerprint density at radius 1 is 1.15 bits per heavy atom. The molecule has 1 aliphatic rings. The number of rotatable bonds is 1. The Kier molecular flexibility index (Phi) is 2.87. The normalized spacial score (nSPS) is 13.9. The molecule has 100 valence electrons. The van der Waals surface area contributed by atoms with Crippen molar-refractivity contribution < 1.29 is 13.6 Å². The smallest absolute Gasteiger partial charge is 0.215 e. The Morgan fingerprint density at radius 3 is 2.50 bits per heavy atom. The minimum atomic E-state index is -0.686. The van der Waals surface area contributed by atoms with Crippen LogP contribution in [0, 0.1) is 18.2 Å². The van der Waals surface area contributed by atoms with E-state index >= 15 is 0 Å². The molecule has 0 atom stereocenters. The predicted octanol–water partition coefficient (Wildman–Crippen LogP) is 3.83. The summed E-state index contributed by atoms with van der Waals surface area (Å²) in [7, 11) is 0. The molecule has 0 saturated carbocycles. The molecular weight excluding hydrogens is 262 g/mol. The lowest BCUT2D eigenvalue weighted by atomic mass is 9.95. The maximum absolute atomic E-state index is 13.3. The molecule has 1 aliphatic carbocycles. The van der Waals surface area contributed by atoms with E-state index in [1.165, 1.54) is 18.3 Å². The van der Waals surface area contributed by atoms with Gasteiger partial charge < -0.3 is 4.57 Å². The minimum Gasteiger partial charge on any atom is -0.331 e. The van der Waals surface area contributed by atoms with Crippen molar-refractivity contribution in [1.82, 2.24) is 4.57 Å². The zero-order valence-corrected chi connectivity index (χ0v) is 10.5. The van der Waals surface area contributed by atoms with Crippen LogP contribution in [0.4, 0.5) is 14.5 Å². The van der Waals surface area contributed by atoms with Crippen molar-refractivity contribution in [2.75, 3.05) is 0 Å². The highest BCUT2D eigenvalue weighted by Crippen LogP contribution is 2.34. The quantitative estimate of drug-likeness (QED) is 0.725. The molecule has 5 heteroatoms. The maximum atomic E-state index is 13.3. The topological polar surface area (TPSA) is 26.4 Å². The first kappa shape index (κ1) is 12.5. The van der Waals surface area contributed by atoms with Crippen molar-refractivity contribution in [3.8, 4) is 5.69 Å². The van der Waals surface area contributed by atoms with E-state index in [1.807, 2.05) is 0 Å². The average Bonchev–Trinajstić information content (AvgIpc) is 2.78. The zero-order chi connectivity index (χ0) is 14.3. The molecule has 0 N–H and O–H groups in total. The fraction of sp³-hybridized carbons (Fsp3) is 0.200. The third-order valence-electron chi connectivity index (χ3n) is 3.43. The predicted molar refractivity (Wildman–Crippen MR) is 69.2 cm³/mol. The molecule has 0 radical (unpaired) electrons. The fourth-order valence-corrected chi connectivity index (χ4v) is 2.62. The van der Waals surface area contributed by atoms with E-state index in [-0.39, 0.29) is 11.5 Å². The third kappa shape index (κ3) is 1.90. The first-order chi connectivity index (χ1) is 9.60. The van der Waals surface area contributed by atoms with E-state index in [0.29, 0.717) is 36.2 Å². The van der Waals surface area contributed by atoms with Crippen molar-refractivity contribution in [1.29, 1.82) is 0 Å². The van der Waals surface area contributed by atoms with Gasteiger partial charge in [0.15, 0.2) is 5.78 Å². The Morgan fingerprint density at radius 2 is 1.85 bits per heavy atom. The van der Waals surface area contributed by atoms with Gasteiger partial charge in [0.2, 0.25) is 5.69 Å². The van der Waals surface area contributed by atoms with Crippen molar-refractivity contribution in [3.05, 3.63) is 58.7 Å². The van der Waals surface area contributed by atoms with Crippen molar-refractivity contribution >= 4 is 11.5 Å². The molecule has 3 nitrogen and oxygen atoms in total. The molecular formula is C15H10F2N2O. The highest BCUT2D eigenvalue weighted by molar-refractivity contribution is 6.03. The third-order valence-corrected chi connectivity index (χ3v) is 3.43. The SMILES string of the molecule is [C-]#[N+]c1cn(-c2cc(F)cc(F)c2)c2c1C(=O)CCC2. The summed E-state index contributed by atoms with van der Waals surface area (Å²) in [6, 6.07) is 3.17. The second kappa shape index (κ2) is 4.57. The maximum Gasteiger partial charge on any atom is 0.215 e. The van der Waals surface area contributed by atoms with Crippen LogP contribution >= 0.6 is 0 Å². The van der Waals surface area contributed by atoms with Crippen LogP contribution in [0.15, 0.2) is 24.4 Å². The average molecular weight is 272 g/mol. The van der Waals surface area contributed by atoms with Crippen molar-refractivity contribution in [2.24, 2.45) is 0 Å². The number of nitrogens with zero attached hydrogens (tertiary/aromatic N) is 2. The molecule has 0 aliphatic heterocycles. The van der Waals surface area contributed by atoms with Crippen LogP contribution in [-0.4, -0.2) is 10.4 Å². The number of carbonyl (C=O) groups excluding carboxylic acids is 1. The van der Waals surface area contributed by atoms with Crippen LogP contribution in [0.2, 0.25) is 0 Å². The van der Waals surface area contributed by atoms with Gasteiger partial charge in [0.05, 0.1) is 6.57 Å². The summed E-state index contributed by atoms with van der Waals surface area (Å²) >= 11 is 0. The fourth-order valence-electron chi connectivity index (χ4n) is 2.62. The second-order valence-electron chi connectivity index (χ2n) is 4.72. The number of halogens is 2. The summed E-state index contributed by atoms with van der Waals surface area (Å²) < 4.78 is 28.2. The van der Waals surface area contributed by atoms with Crippen LogP contribution in [0.5, 0.6) is 0 Å². The number of Topliss-reactive ketones (excluding diaryl/α,β-unsaturated/α-hetero) is 1. The summed E-state index contributed by atoms with van der Waals surface area (Å²) in [4.78, 5) is 15.3. The van der Waals surface area contributed by atoms with Crippen LogP contribution in [-0.2, 0) is 6.42 Å². The molecule has 1 aromatic heterocycles. The largest absolute Gasteiger partial charge is 0.331 e. The van der Waals surface area contributed by atoms with Gasteiger partial charge in [-0.2, -0.15) is 0 Å². The summed E-state index contributed by atoms with van der Waals surface area (Å²) in [6.45, 7) is 7.15. The van der Waals surface area contributed by atoms with Gasteiger partial charge in [-0.3, -0.25) is 4.79 Å². The lowest BCUT2D eigenvalue weighted by Crippen LogP contribution is -2.12. The Balaban J connectivity index is 2.25. The van der Waals surface area contributed by atoms with Crippen molar-refractivity contribution in [2.45, 2.75) is 19.3 Å². The summed E-state index contributed by atoms with van der Waals surface area (Å²) in [5.41, 5.74) is 1.60. The van der Waals surface area contributed by atoms with Gasteiger partial charge in [-0.25, -0.2) is 13.6 Å². The van der Waals surface area contributed by atoms with Crippen LogP contribution in [0.25, 0.3) is 10.5 Å². The molecule has 0 fully saturated rings. The van der Waals surface area contributed by atoms with Gasteiger partial charge in [-0.15, -0.1) is 0 Å². The number of hydrogen-bond donors (Lipinski definition) is 0. The van der Waals surface area contributed by atoms with Crippen LogP contribution in [0.1, 0.15) is 28.9 Å². The van der Waals surface area contributed by atoms with Gasteiger partial charge in [0.1, 0.15) is 11.6 Å². The summed E-state index contributed by atoms with van der Waals surface area (Å²) in [5, 5.41) is 0. The molecule has 0 bridgehead atoms. The van der Waals surface area contributed by atoms with E-state index in [0.717, 1.165) is 6.07 Å². The molecule has 0 saturated heterocycles. The standard InChI is InChI=1S/C15H10F2N2O/c1-18-12-8-19(11-6-9(16)5-10(17)7-11)13-3-2-4-14(20)15(12)13/h5-8H,2-4H2. The highest BCUT2D eigenvalue weighted by atomic mass is 19.1. The van der Waals surface area contributed by atoms with E-state index in [1.54, 1.807) is 4.57 Å². The number of benzene rings is 1. The number of fused-ring (bicyclic) bond motifs is 1. The number of carbonyl (C=O) groups is 1. The molecule has 0 amide bonds. The van der Waals surface area contributed by atoms with E-state index in [9.17, 15) is 13.6 Å². The lowest BCUT2D eigenvalue weighted by Gasteiger charge is -2.15. The van der Waals surface area contributed by atoms with E-state index in [4.69, 9.17) is 6.57 Å². The number of ketones is 1. The van der Waals surface area contributed by atoms with Gasteiger partial charge in [-0.05, 0) is 25.0 Å². The molecule has 1 heterocycles. The summed E-state index contributed by atoms with van der Waals surface area (Å²) in [5.74, 6) is -1.45. The van der Waals surface area contributed by atoms with Gasteiger partial charge >= 0.3 is 0 Å². The Bertz CT molecular complexity index is 736. The minimum absolute atomic E-state index is 0.0760. The van der Waals surface area contributed by atoms with Gasteiger partial charge in [0, 0.05) is 35.6 Å². The Hall–Kier alpha value is -2.48. The second-order valence-corrected chi connectivity index (χ2v) is 4.72. The zero-order valence-electron chi connectivity index (χ0n) is 10.5. The lowest BCUT2D eigenvalue weighted by molar-refractivity contribution is 0.0973. The Labute approximate surface area is 114 Å². The first-order valence-electron chi connectivity index (χ1n) is 6.21. The van der Waals surface area contributed by atoms with Gasteiger partial charge in [-0.1, -0.05) is 0 Å². The number of hydrogen-bond acceptors (Lipinski definition) is 1. The molecule has 0 unspecified atom stereocenters. The molecule has 20 heavy (non-hydrogen) atoms. The van der Waals surface area contributed by atoms with E-state index in [2.05, 4.69) is 4.85 Å². The van der Waals surface area contributed by atoms with Crippen LogP contribution < -0.4 is 0 Å². The molecule has 0 spiro atoms. The first-order valence-corrected chi connectivity index (χ1v) is 6.21. The van der Waals surface area contributed by atoms with Gasteiger partial charge in [0.25, 0.3) is 0 Å². The van der Waals surface area contributed by atoms with Crippen LogP contribution in [0.3, 0.4) is 0 Å². The molecule has 3 rings (SSSR count). The molecule has 2 aromatic rings. The summed E-state index contributed by atoms with van der Waals surface area (Å²) in [6.07, 6.45) is 3.20. The van der Waals surface area contributed by atoms with Crippen molar-refractivity contribution in [3.63, 3.8) is 0 Å². The highest BCUT2D eigenvalue weighted by Gasteiger charge is 2.26. The number of aromatic nitrogens is 1. The monoisotopic (exact) mass is 272 g/mol.